The molecule has 2 heterocycles. The number of carbonyl (C=O) groups excluding carboxylic acids is 2. The summed E-state index contributed by atoms with van der Waals surface area (Å²) in [5.74, 6) is -0.802. The van der Waals surface area contributed by atoms with E-state index in [1.54, 1.807) is 10.9 Å². The van der Waals surface area contributed by atoms with Crippen LogP contribution in [0.1, 0.15) is 26.5 Å². The molecule has 30 heavy (non-hydrogen) atoms. The number of aryl methyl sites for hydroxylation is 1. The molecule has 0 amide bonds. The Kier molecular flexibility index (Phi) is 5.81. The smallest absolute Gasteiger partial charge is 0.331 e. The summed E-state index contributed by atoms with van der Waals surface area (Å²) in [6, 6.07) is 17.7. The molecule has 2 aromatic carbocycles. The van der Waals surface area contributed by atoms with Crippen molar-refractivity contribution in [1.82, 2.24) is 15.0 Å². The molecular formula is C23H19N3O3S. The normalized spacial score (nSPS) is 11.2. The fraction of sp³-hybridized carbons (Fsp3) is 0.130. The molecule has 0 aliphatic rings. The lowest BCUT2D eigenvalue weighted by Gasteiger charge is -2.01. The van der Waals surface area contributed by atoms with E-state index in [9.17, 15) is 9.59 Å². The van der Waals surface area contributed by atoms with Crippen molar-refractivity contribution in [2.75, 3.05) is 6.61 Å². The minimum Gasteiger partial charge on any atom is -0.454 e. The third kappa shape index (κ3) is 4.52. The summed E-state index contributed by atoms with van der Waals surface area (Å²) in [5, 5.41) is 9.11. The number of rotatable bonds is 7. The minimum atomic E-state index is -0.597. The number of thiophene rings is 1. The summed E-state index contributed by atoms with van der Waals surface area (Å²) in [6.45, 7) is 2.21. The lowest BCUT2D eigenvalue weighted by atomic mass is 10.1. The number of hydrogen-bond acceptors (Lipinski definition) is 6. The van der Waals surface area contributed by atoms with Gasteiger partial charge in [-0.05, 0) is 35.6 Å². The first-order valence-corrected chi connectivity index (χ1v) is 10.2. The van der Waals surface area contributed by atoms with Crippen LogP contribution in [-0.4, -0.2) is 33.4 Å². The summed E-state index contributed by atoms with van der Waals surface area (Å²) >= 11 is 1.42. The van der Waals surface area contributed by atoms with Gasteiger partial charge in [0.25, 0.3) is 0 Å². The number of carbonyl (C=O) groups is 2. The summed E-state index contributed by atoms with van der Waals surface area (Å²) < 4.78 is 7.84. The van der Waals surface area contributed by atoms with Crippen LogP contribution in [0.15, 0.2) is 66.9 Å². The quantitative estimate of drug-likeness (QED) is 0.255. The van der Waals surface area contributed by atoms with Crippen LogP contribution >= 0.6 is 11.3 Å². The van der Waals surface area contributed by atoms with E-state index in [2.05, 4.69) is 10.3 Å². The number of hydrogen-bond donors (Lipinski definition) is 0. The van der Waals surface area contributed by atoms with Crippen molar-refractivity contribution in [3.05, 3.63) is 88.6 Å². The van der Waals surface area contributed by atoms with Gasteiger partial charge in [-0.25, -0.2) is 9.48 Å². The molecule has 4 aromatic rings. The van der Waals surface area contributed by atoms with Gasteiger partial charge >= 0.3 is 5.97 Å². The van der Waals surface area contributed by atoms with Crippen molar-refractivity contribution < 1.29 is 14.3 Å². The van der Waals surface area contributed by atoms with Gasteiger partial charge in [0, 0.05) is 10.8 Å². The fourth-order valence-corrected chi connectivity index (χ4v) is 4.22. The Morgan fingerprint density at radius 1 is 1.10 bits per heavy atom. The number of aromatic nitrogens is 3. The maximum absolute atomic E-state index is 12.5. The van der Waals surface area contributed by atoms with E-state index in [0.29, 0.717) is 17.1 Å². The first-order valence-electron chi connectivity index (χ1n) is 9.40. The molecule has 4 rings (SSSR count). The molecule has 0 unspecified atom stereocenters. The van der Waals surface area contributed by atoms with Gasteiger partial charge in [-0.2, -0.15) is 0 Å². The van der Waals surface area contributed by atoms with Gasteiger partial charge in [0.2, 0.25) is 5.78 Å². The molecule has 150 valence electrons. The van der Waals surface area contributed by atoms with Gasteiger partial charge in [0.05, 0.1) is 17.6 Å². The maximum Gasteiger partial charge on any atom is 0.331 e. The van der Waals surface area contributed by atoms with E-state index in [1.807, 2.05) is 61.5 Å². The van der Waals surface area contributed by atoms with Crippen LogP contribution in [-0.2, 0) is 16.1 Å². The summed E-state index contributed by atoms with van der Waals surface area (Å²) in [6.07, 6.45) is 4.51. The molecule has 2 aromatic heterocycles. The molecule has 0 bridgehead atoms. The van der Waals surface area contributed by atoms with Crippen LogP contribution in [0.4, 0.5) is 0 Å². The molecule has 6 nitrogen and oxygen atoms in total. The predicted octanol–water partition coefficient (Wildman–Crippen LogP) is 4.29. The summed E-state index contributed by atoms with van der Waals surface area (Å²) in [4.78, 5) is 25.1. The highest BCUT2D eigenvalue weighted by Crippen LogP contribution is 2.30. The van der Waals surface area contributed by atoms with Crippen LogP contribution in [0.25, 0.3) is 16.2 Å². The summed E-state index contributed by atoms with van der Waals surface area (Å²) in [5.41, 5.74) is 2.56. The summed E-state index contributed by atoms with van der Waals surface area (Å²) in [7, 11) is 0. The van der Waals surface area contributed by atoms with E-state index < -0.39 is 5.97 Å². The van der Waals surface area contributed by atoms with Gasteiger partial charge in [0.15, 0.2) is 6.61 Å². The van der Waals surface area contributed by atoms with E-state index in [4.69, 9.17) is 4.74 Å². The Morgan fingerprint density at radius 3 is 2.67 bits per heavy atom. The number of nitrogens with zero attached hydrogens (tertiary/aromatic N) is 3. The molecule has 0 N–H and O–H groups in total. The van der Waals surface area contributed by atoms with Gasteiger partial charge < -0.3 is 4.74 Å². The molecule has 0 fully saturated rings. The van der Waals surface area contributed by atoms with E-state index >= 15 is 0 Å². The SMILES string of the molecule is Cc1c(C(=O)COC(=O)/C=C/c2cn(Cc3ccccc3)nn2)sc2ccccc12. The number of ether oxygens (including phenoxy) is 1. The number of benzene rings is 2. The van der Waals surface area contributed by atoms with E-state index in [1.165, 1.54) is 23.5 Å². The zero-order valence-electron chi connectivity index (χ0n) is 16.3. The van der Waals surface area contributed by atoms with Crippen LogP contribution in [0.3, 0.4) is 0 Å². The number of ketones is 1. The van der Waals surface area contributed by atoms with Crippen molar-refractivity contribution in [1.29, 1.82) is 0 Å². The predicted molar refractivity (Wildman–Crippen MR) is 116 cm³/mol. The van der Waals surface area contributed by atoms with Crippen molar-refractivity contribution >= 4 is 39.3 Å². The van der Waals surface area contributed by atoms with Crippen LogP contribution in [0.5, 0.6) is 0 Å². The van der Waals surface area contributed by atoms with Crippen molar-refractivity contribution in [3.63, 3.8) is 0 Å². The van der Waals surface area contributed by atoms with E-state index in [-0.39, 0.29) is 12.4 Å². The second-order valence-corrected chi connectivity index (χ2v) is 7.80. The molecular weight excluding hydrogens is 398 g/mol. The highest BCUT2D eigenvalue weighted by atomic mass is 32.1. The Bertz CT molecular complexity index is 1220. The Balaban J connectivity index is 1.33. The third-order valence-electron chi connectivity index (χ3n) is 4.58. The zero-order valence-corrected chi connectivity index (χ0v) is 17.1. The number of Topliss-reactive ketones (excluding diaryl/α,β-unsaturated/α-hetero) is 1. The van der Waals surface area contributed by atoms with Crippen LogP contribution in [0, 0.1) is 6.92 Å². The van der Waals surface area contributed by atoms with Gasteiger partial charge in [-0.3, -0.25) is 4.79 Å². The van der Waals surface area contributed by atoms with Crippen LogP contribution in [0.2, 0.25) is 0 Å². The topological polar surface area (TPSA) is 74.1 Å². The number of fused-ring (bicyclic) bond motifs is 1. The standard InChI is InChI=1S/C23H19N3O3S/c1-16-19-9-5-6-10-21(19)30-23(16)20(27)15-29-22(28)12-11-18-14-26(25-24-18)13-17-7-3-2-4-8-17/h2-12,14H,13,15H2,1H3/b12-11+. The van der Waals surface area contributed by atoms with Crippen molar-refractivity contribution in [2.24, 2.45) is 0 Å². The molecule has 0 spiro atoms. The van der Waals surface area contributed by atoms with Gasteiger partial charge in [0.1, 0.15) is 5.69 Å². The molecule has 7 heteroatoms. The lowest BCUT2D eigenvalue weighted by molar-refractivity contribution is -0.136. The average Bonchev–Trinajstić information content (AvgIpc) is 3.35. The molecule has 0 radical (unpaired) electrons. The van der Waals surface area contributed by atoms with Gasteiger partial charge in [-0.15, -0.1) is 16.4 Å². The number of esters is 1. The Hall–Kier alpha value is -3.58. The minimum absolute atomic E-state index is 0.204. The first kappa shape index (κ1) is 19.7. The molecule has 0 atom stereocenters. The lowest BCUT2D eigenvalue weighted by Crippen LogP contribution is -2.12. The van der Waals surface area contributed by atoms with Crippen molar-refractivity contribution in [3.8, 4) is 0 Å². The highest BCUT2D eigenvalue weighted by Gasteiger charge is 2.16. The molecule has 0 saturated heterocycles. The Morgan fingerprint density at radius 2 is 1.87 bits per heavy atom. The fourth-order valence-electron chi connectivity index (χ4n) is 3.08. The van der Waals surface area contributed by atoms with Crippen molar-refractivity contribution in [2.45, 2.75) is 13.5 Å². The first-order chi connectivity index (χ1) is 14.6. The zero-order chi connectivity index (χ0) is 20.9. The monoisotopic (exact) mass is 417 g/mol. The molecule has 0 aliphatic heterocycles. The van der Waals surface area contributed by atoms with Crippen LogP contribution < -0.4 is 0 Å². The average molecular weight is 417 g/mol. The third-order valence-corrected chi connectivity index (χ3v) is 5.89. The van der Waals surface area contributed by atoms with E-state index in [0.717, 1.165) is 21.2 Å². The molecule has 0 saturated carbocycles. The Labute approximate surface area is 177 Å². The second kappa shape index (κ2) is 8.84. The maximum atomic E-state index is 12.5. The largest absolute Gasteiger partial charge is 0.454 e. The second-order valence-electron chi connectivity index (χ2n) is 6.74. The highest BCUT2D eigenvalue weighted by molar-refractivity contribution is 7.21. The molecule has 0 aliphatic carbocycles. The van der Waals surface area contributed by atoms with Gasteiger partial charge in [-0.1, -0.05) is 53.7 Å².